The van der Waals surface area contributed by atoms with E-state index < -0.39 is 0 Å². The van der Waals surface area contributed by atoms with Gasteiger partial charge < -0.3 is 15.4 Å². The molecule has 130 valence electrons. The number of fused-ring (bicyclic) bond motifs is 1. The average Bonchev–Trinajstić information content (AvgIpc) is 3.25. The molecule has 0 spiro atoms. The first kappa shape index (κ1) is 18.4. The summed E-state index contributed by atoms with van der Waals surface area (Å²) in [5.41, 5.74) is 0. The minimum Gasteiger partial charge on any atom is -0.377 e. The van der Waals surface area contributed by atoms with Crippen molar-refractivity contribution in [3.8, 4) is 0 Å². The van der Waals surface area contributed by atoms with E-state index in [0.29, 0.717) is 12.6 Å². The van der Waals surface area contributed by atoms with Crippen molar-refractivity contribution >= 4 is 29.9 Å². The Morgan fingerprint density at radius 2 is 2.22 bits per heavy atom. The summed E-state index contributed by atoms with van der Waals surface area (Å²) in [4.78, 5) is 9.20. The fraction of sp³-hybridized carbons (Fsp3) is 0.800. The Morgan fingerprint density at radius 3 is 2.91 bits per heavy atom. The lowest BCUT2D eigenvalue weighted by Crippen LogP contribution is -2.47. The van der Waals surface area contributed by atoms with Crippen molar-refractivity contribution in [2.45, 2.75) is 51.8 Å². The predicted molar refractivity (Wildman–Crippen MR) is 100 cm³/mol. The molecule has 0 aromatic carbocycles. The van der Waals surface area contributed by atoms with Crippen LogP contribution in [-0.2, 0) is 24.3 Å². The molecule has 2 N–H and O–H groups in total. The third kappa shape index (κ3) is 5.30. The molecule has 1 aliphatic carbocycles. The van der Waals surface area contributed by atoms with Crippen molar-refractivity contribution in [2.75, 3.05) is 20.2 Å². The van der Waals surface area contributed by atoms with E-state index in [-0.39, 0.29) is 24.0 Å². The number of hydrogen-bond donors (Lipinski definition) is 2. The van der Waals surface area contributed by atoms with Crippen LogP contribution in [0.4, 0.5) is 0 Å². The highest BCUT2D eigenvalue weighted by atomic mass is 127. The zero-order chi connectivity index (χ0) is 15.4. The van der Waals surface area contributed by atoms with Crippen molar-refractivity contribution in [1.29, 1.82) is 0 Å². The molecule has 2 aliphatic rings. The van der Waals surface area contributed by atoms with E-state index in [1.54, 1.807) is 7.11 Å². The van der Waals surface area contributed by atoms with Crippen LogP contribution in [0.25, 0.3) is 0 Å². The van der Waals surface area contributed by atoms with Gasteiger partial charge in [-0.25, -0.2) is 9.67 Å². The van der Waals surface area contributed by atoms with Gasteiger partial charge in [-0.3, -0.25) is 4.99 Å². The molecule has 0 amide bonds. The number of aryl methyl sites for hydroxylation is 1. The molecule has 1 fully saturated rings. The maximum Gasteiger partial charge on any atom is 0.191 e. The van der Waals surface area contributed by atoms with Crippen LogP contribution < -0.4 is 10.6 Å². The molecule has 23 heavy (non-hydrogen) atoms. The highest BCUT2D eigenvalue weighted by Crippen LogP contribution is 2.28. The number of aliphatic imine (C=N–C) groups is 1. The molecule has 2 heterocycles. The molecular weight excluding hydrogens is 407 g/mol. The molecule has 3 rings (SSSR count). The Kier molecular flexibility index (Phi) is 7.07. The van der Waals surface area contributed by atoms with Gasteiger partial charge in [0, 0.05) is 32.7 Å². The Hall–Kier alpha value is -0.900. The summed E-state index contributed by atoms with van der Waals surface area (Å²) in [6.07, 6.45) is 4.66. The number of halogens is 1. The Labute approximate surface area is 154 Å². The lowest BCUT2D eigenvalue weighted by Gasteiger charge is -2.25. The Bertz CT molecular complexity index is 528. The summed E-state index contributed by atoms with van der Waals surface area (Å²) < 4.78 is 7.11. The van der Waals surface area contributed by atoms with E-state index in [2.05, 4.69) is 32.6 Å². The first-order chi connectivity index (χ1) is 10.8. The lowest BCUT2D eigenvalue weighted by atomic mass is 10.1. The number of aromatic nitrogens is 3. The van der Waals surface area contributed by atoms with Crippen LogP contribution in [0.1, 0.15) is 37.8 Å². The van der Waals surface area contributed by atoms with Gasteiger partial charge in [0.25, 0.3) is 0 Å². The van der Waals surface area contributed by atoms with Gasteiger partial charge in [0.2, 0.25) is 0 Å². The van der Waals surface area contributed by atoms with E-state index in [1.807, 2.05) is 4.68 Å². The third-order valence-corrected chi connectivity index (χ3v) is 4.06. The number of hydrogen-bond acceptors (Lipinski definition) is 4. The largest absolute Gasteiger partial charge is 0.377 e. The maximum atomic E-state index is 5.11. The van der Waals surface area contributed by atoms with Gasteiger partial charge in [0.05, 0.1) is 6.54 Å². The van der Waals surface area contributed by atoms with Gasteiger partial charge in [-0.1, -0.05) is 0 Å². The second-order valence-corrected chi connectivity index (χ2v) is 6.10. The highest BCUT2D eigenvalue weighted by Gasteiger charge is 2.23. The fourth-order valence-corrected chi connectivity index (χ4v) is 2.70. The molecular formula is C15H27IN6O. The summed E-state index contributed by atoms with van der Waals surface area (Å²) in [6, 6.07) is 0.349. The summed E-state index contributed by atoms with van der Waals surface area (Å²) >= 11 is 0. The summed E-state index contributed by atoms with van der Waals surface area (Å²) in [5, 5.41) is 11.4. The summed E-state index contributed by atoms with van der Waals surface area (Å²) in [7, 11) is 1.67. The second kappa shape index (κ2) is 8.81. The van der Waals surface area contributed by atoms with Crippen LogP contribution in [0.5, 0.6) is 0 Å². The topological polar surface area (TPSA) is 76.4 Å². The van der Waals surface area contributed by atoms with E-state index in [4.69, 9.17) is 4.74 Å². The average molecular weight is 434 g/mol. The molecule has 1 aliphatic heterocycles. The number of ether oxygens (including phenoxy) is 1. The SMILES string of the molecule is CCNC(=NCC1CC1)NC1CCc2nc(COC)nn2C1.I. The predicted octanol–water partition coefficient (Wildman–Crippen LogP) is 1.32. The maximum absolute atomic E-state index is 5.11. The number of nitrogens with zero attached hydrogens (tertiary/aromatic N) is 4. The van der Waals surface area contributed by atoms with E-state index in [1.165, 1.54) is 12.8 Å². The van der Waals surface area contributed by atoms with Crippen molar-refractivity contribution < 1.29 is 4.74 Å². The summed E-state index contributed by atoms with van der Waals surface area (Å²) in [6.45, 7) is 5.23. The smallest absolute Gasteiger partial charge is 0.191 e. The molecule has 0 saturated heterocycles. The normalized spacial score (nSPS) is 20.6. The number of methoxy groups -OCH3 is 1. The van der Waals surface area contributed by atoms with E-state index in [9.17, 15) is 0 Å². The Morgan fingerprint density at radius 1 is 1.39 bits per heavy atom. The van der Waals surface area contributed by atoms with Gasteiger partial charge >= 0.3 is 0 Å². The second-order valence-electron chi connectivity index (χ2n) is 6.10. The molecule has 7 nitrogen and oxygen atoms in total. The zero-order valence-corrected chi connectivity index (χ0v) is 16.2. The van der Waals surface area contributed by atoms with Gasteiger partial charge in [-0.2, -0.15) is 5.10 Å². The van der Waals surface area contributed by atoms with Gasteiger partial charge in [0.1, 0.15) is 12.4 Å². The quantitative estimate of drug-likeness (QED) is 0.402. The van der Waals surface area contributed by atoms with Gasteiger partial charge in [-0.05, 0) is 32.1 Å². The lowest BCUT2D eigenvalue weighted by molar-refractivity contribution is 0.177. The first-order valence-corrected chi connectivity index (χ1v) is 8.25. The van der Waals surface area contributed by atoms with Crippen molar-refractivity contribution in [2.24, 2.45) is 10.9 Å². The monoisotopic (exact) mass is 434 g/mol. The minimum atomic E-state index is 0. The van der Waals surface area contributed by atoms with Crippen molar-refractivity contribution in [3.63, 3.8) is 0 Å². The van der Waals surface area contributed by atoms with Crippen LogP contribution >= 0.6 is 24.0 Å². The zero-order valence-electron chi connectivity index (χ0n) is 13.9. The number of guanidine groups is 1. The van der Waals surface area contributed by atoms with Crippen LogP contribution in [0, 0.1) is 5.92 Å². The molecule has 1 aromatic rings. The molecule has 1 aromatic heterocycles. The Balaban J connectivity index is 0.00000192. The minimum absolute atomic E-state index is 0. The first-order valence-electron chi connectivity index (χ1n) is 8.25. The molecule has 1 atom stereocenters. The van der Waals surface area contributed by atoms with Crippen LogP contribution in [0.15, 0.2) is 4.99 Å². The fourth-order valence-electron chi connectivity index (χ4n) is 2.70. The van der Waals surface area contributed by atoms with Crippen LogP contribution in [0.3, 0.4) is 0 Å². The summed E-state index contributed by atoms with van der Waals surface area (Å²) in [5.74, 6) is 3.57. The van der Waals surface area contributed by atoms with Gasteiger partial charge in [-0.15, -0.1) is 24.0 Å². The highest BCUT2D eigenvalue weighted by molar-refractivity contribution is 14.0. The molecule has 1 unspecified atom stereocenters. The third-order valence-electron chi connectivity index (χ3n) is 4.06. The van der Waals surface area contributed by atoms with Crippen molar-refractivity contribution in [1.82, 2.24) is 25.4 Å². The van der Waals surface area contributed by atoms with Gasteiger partial charge in [0.15, 0.2) is 11.8 Å². The van der Waals surface area contributed by atoms with Crippen molar-refractivity contribution in [3.05, 3.63) is 11.6 Å². The molecule has 1 saturated carbocycles. The molecule has 8 heteroatoms. The van der Waals surface area contributed by atoms with E-state index in [0.717, 1.165) is 56.0 Å². The number of rotatable bonds is 6. The van der Waals surface area contributed by atoms with E-state index >= 15 is 0 Å². The van der Waals surface area contributed by atoms with Crippen LogP contribution in [0.2, 0.25) is 0 Å². The standard InChI is InChI=1S/C15H26N6O.HI/c1-3-16-15(17-8-11-4-5-11)18-12-6-7-14-19-13(10-22-2)20-21(14)9-12;/h11-12H,3-10H2,1-2H3,(H2,16,17,18);1H. The molecule has 0 bridgehead atoms. The molecule has 0 radical (unpaired) electrons. The van der Waals surface area contributed by atoms with Crippen LogP contribution in [-0.4, -0.2) is 47.0 Å². The number of nitrogens with one attached hydrogen (secondary N) is 2.